The number of carbonyl (C=O) groups excluding carboxylic acids is 1. The van der Waals surface area contributed by atoms with E-state index in [9.17, 15) is 18.0 Å². The van der Waals surface area contributed by atoms with Gasteiger partial charge in [-0.3, -0.25) is 9.69 Å². The second kappa shape index (κ2) is 5.36. The van der Waals surface area contributed by atoms with Gasteiger partial charge in [-0.2, -0.15) is 18.4 Å². The molecule has 1 aliphatic rings. The molecule has 0 N–H and O–H groups in total. The molecule has 0 aliphatic carbocycles. The highest BCUT2D eigenvalue weighted by Gasteiger charge is 2.41. The molecular formula is C10H14F3N3O. The minimum absolute atomic E-state index is 0.0508. The van der Waals surface area contributed by atoms with Crippen LogP contribution in [0.15, 0.2) is 0 Å². The van der Waals surface area contributed by atoms with E-state index in [1.807, 2.05) is 0 Å². The minimum atomic E-state index is -4.53. The van der Waals surface area contributed by atoms with E-state index in [-0.39, 0.29) is 12.5 Å². The first-order valence-corrected chi connectivity index (χ1v) is 5.27. The Kier molecular flexibility index (Phi) is 4.34. The zero-order valence-electron chi connectivity index (χ0n) is 9.50. The lowest BCUT2D eigenvalue weighted by molar-refractivity contribution is -0.163. The van der Waals surface area contributed by atoms with E-state index in [1.165, 1.54) is 15.9 Å². The molecular weight excluding hydrogens is 235 g/mol. The highest BCUT2D eigenvalue weighted by molar-refractivity contribution is 5.78. The van der Waals surface area contributed by atoms with Gasteiger partial charge in [0.05, 0.1) is 12.6 Å². The number of likely N-dealkylation sites (N-methyl/N-ethyl adjacent to an activating group) is 1. The number of rotatable bonds is 2. The molecule has 96 valence electrons. The van der Waals surface area contributed by atoms with Crippen LogP contribution in [0.25, 0.3) is 0 Å². The zero-order valence-corrected chi connectivity index (χ0v) is 9.50. The van der Waals surface area contributed by atoms with E-state index < -0.39 is 18.6 Å². The molecule has 1 aliphatic heterocycles. The van der Waals surface area contributed by atoms with Gasteiger partial charge in [0.1, 0.15) is 0 Å². The Bertz CT molecular complexity index is 324. The first kappa shape index (κ1) is 13.8. The highest BCUT2D eigenvalue weighted by atomic mass is 19.4. The largest absolute Gasteiger partial charge is 0.405 e. The van der Waals surface area contributed by atoms with Gasteiger partial charge in [0.2, 0.25) is 5.91 Å². The quantitative estimate of drug-likeness (QED) is 0.729. The number of carbonyl (C=O) groups is 1. The molecule has 0 spiro atoms. The smallest absolute Gasteiger partial charge is 0.345 e. The number of hydrogen-bond donors (Lipinski definition) is 0. The van der Waals surface area contributed by atoms with Crippen molar-refractivity contribution in [1.29, 1.82) is 5.26 Å². The SMILES string of the molecule is CN1CCCN(CC(C#N)C(F)(F)F)CC1=O. The summed E-state index contributed by atoms with van der Waals surface area (Å²) in [4.78, 5) is 14.4. The maximum Gasteiger partial charge on any atom is 0.405 e. The minimum Gasteiger partial charge on any atom is -0.345 e. The van der Waals surface area contributed by atoms with E-state index in [2.05, 4.69) is 0 Å². The molecule has 0 bridgehead atoms. The van der Waals surface area contributed by atoms with Gasteiger partial charge in [-0.25, -0.2) is 0 Å². The molecule has 1 saturated heterocycles. The van der Waals surface area contributed by atoms with Crippen LogP contribution in [0.2, 0.25) is 0 Å². The fourth-order valence-electron chi connectivity index (χ4n) is 1.68. The topological polar surface area (TPSA) is 47.3 Å². The van der Waals surface area contributed by atoms with Crippen LogP contribution in [-0.2, 0) is 4.79 Å². The third kappa shape index (κ3) is 3.89. The standard InChI is InChI=1S/C10H14F3N3O/c1-15-3-2-4-16(7-9(15)17)6-8(5-14)10(11,12)13/h8H,2-4,6-7H2,1H3. The summed E-state index contributed by atoms with van der Waals surface area (Å²) >= 11 is 0. The van der Waals surface area contributed by atoms with E-state index >= 15 is 0 Å². The molecule has 17 heavy (non-hydrogen) atoms. The summed E-state index contributed by atoms with van der Waals surface area (Å²) in [6, 6.07) is 1.24. The first-order chi connectivity index (χ1) is 7.84. The van der Waals surface area contributed by atoms with E-state index in [0.29, 0.717) is 19.5 Å². The average Bonchev–Trinajstić information content (AvgIpc) is 2.36. The Morgan fingerprint density at radius 2 is 2.12 bits per heavy atom. The normalized spacial score (nSPS) is 20.9. The molecule has 0 aromatic heterocycles. The Morgan fingerprint density at radius 1 is 1.47 bits per heavy atom. The maximum absolute atomic E-state index is 12.4. The highest BCUT2D eigenvalue weighted by Crippen LogP contribution is 2.26. The summed E-state index contributed by atoms with van der Waals surface area (Å²) in [6.45, 7) is 0.466. The molecule has 0 saturated carbocycles. The zero-order chi connectivity index (χ0) is 13.1. The summed E-state index contributed by atoms with van der Waals surface area (Å²) in [5.74, 6) is -2.24. The van der Waals surface area contributed by atoms with Gasteiger partial charge in [0.15, 0.2) is 5.92 Å². The molecule has 0 radical (unpaired) electrons. The van der Waals surface area contributed by atoms with Gasteiger partial charge in [-0.1, -0.05) is 0 Å². The molecule has 0 aromatic rings. The number of alkyl halides is 3. The number of nitriles is 1. The number of halogens is 3. The van der Waals surface area contributed by atoms with Gasteiger partial charge in [-0.15, -0.1) is 0 Å². The summed E-state index contributed by atoms with van der Waals surface area (Å²) in [6.07, 6.45) is -3.91. The van der Waals surface area contributed by atoms with Crippen molar-refractivity contribution in [2.75, 3.05) is 33.2 Å². The average molecular weight is 249 g/mol. The second-order valence-corrected chi connectivity index (χ2v) is 4.13. The van der Waals surface area contributed by atoms with Crippen molar-refractivity contribution in [3.8, 4) is 6.07 Å². The third-order valence-electron chi connectivity index (χ3n) is 2.74. The number of hydrogen-bond acceptors (Lipinski definition) is 3. The van der Waals surface area contributed by atoms with Crippen molar-refractivity contribution in [3.63, 3.8) is 0 Å². The van der Waals surface area contributed by atoms with Crippen LogP contribution < -0.4 is 0 Å². The number of nitrogens with zero attached hydrogens (tertiary/aromatic N) is 3. The van der Waals surface area contributed by atoms with E-state index in [4.69, 9.17) is 5.26 Å². The van der Waals surface area contributed by atoms with E-state index in [1.54, 1.807) is 7.05 Å². The molecule has 0 aromatic carbocycles. The summed E-state index contributed by atoms with van der Waals surface area (Å²) in [5.41, 5.74) is 0. The Hall–Kier alpha value is -1.29. The lowest BCUT2D eigenvalue weighted by Crippen LogP contribution is -2.40. The first-order valence-electron chi connectivity index (χ1n) is 5.27. The Morgan fingerprint density at radius 3 is 2.65 bits per heavy atom. The Balaban J connectivity index is 2.62. The van der Waals surface area contributed by atoms with Gasteiger partial charge in [-0.05, 0) is 6.42 Å². The fraction of sp³-hybridized carbons (Fsp3) is 0.800. The van der Waals surface area contributed by atoms with Crippen LogP contribution in [0, 0.1) is 17.2 Å². The molecule has 1 rings (SSSR count). The summed E-state index contributed by atoms with van der Waals surface area (Å²) in [5, 5.41) is 8.49. The third-order valence-corrected chi connectivity index (χ3v) is 2.74. The van der Waals surface area contributed by atoms with Crippen LogP contribution in [0.5, 0.6) is 0 Å². The maximum atomic E-state index is 12.4. The fourth-order valence-corrected chi connectivity index (χ4v) is 1.68. The monoisotopic (exact) mass is 249 g/mol. The van der Waals surface area contributed by atoms with Crippen LogP contribution in [-0.4, -0.2) is 55.1 Å². The predicted molar refractivity (Wildman–Crippen MR) is 53.9 cm³/mol. The molecule has 1 unspecified atom stereocenters. The molecule has 1 heterocycles. The van der Waals surface area contributed by atoms with Gasteiger partial charge in [0, 0.05) is 26.7 Å². The van der Waals surface area contributed by atoms with Crippen LogP contribution in [0.1, 0.15) is 6.42 Å². The molecule has 1 atom stereocenters. The second-order valence-electron chi connectivity index (χ2n) is 4.13. The van der Waals surface area contributed by atoms with Gasteiger partial charge < -0.3 is 4.90 Å². The Labute approximate surface area is 97.6 Å². The lowest BCUT2D eigenvalue weighted by atomic mass is 10.1. The van der Waals surface area contributed by atoms with Crippen molar-refractivity contribution in [1.82, 2.24) is 9.80 Å². The lowest BCUT2D eigenvalue weighted by Gasteiger charge is -2.23. The van der Waals surface area contributed by atoms with Crippen LogP contribution in [0.3, 0.4) is 0 Å². The predicted octanol–water partition coefficient (Wildman–Crippen LogP) is 0.853. The molecule has 4 nitrogen and oxygen atoms in total. The van der Waals surface area contributed by atoms with Crippen LogP contribution in [0.4, 0.5) is 13.2 Å². The van der Waals surface area contributed by atoms with Crippen molar-refractivity contribution in [2.24, 2.45) is 5.92 Å². The van der Waals surface area contributed by atoms with Crippen molar-refractivity contribution in [2.45, 2.75) is 12.6 Å². The van der Waals surface area contributed by atoms with Gasteiger partial charge >= 0.3 is 6.18 Å². The van der Waals surface area contributed by atoms with Gasteiger partial charge in [0.25, 0.3) is 0 Å². The number of amides is 1. The van der Waals surface area contributed by atoms with Crippen molar-refractivity contribution >= 4 is 5.91 Å². The van der Waals surface area contributed by atoms with Crippen molar-refractivity contribution < 1.29 is 18.0 Å². The van der Waals surface area contributed by atoms with Crippen molar-refractivity contribution in [3.05, 3.63) is 0 Å². The summed E-state index contributed by atoms with van der Waals surface area (Å²) < 4.78 is 37.2. The molecule has 7 heteroatoms. The molecule has 1 fully saturated rings. The van der Waals surface area contributed by atoms with Crippen LogP contribution >= 0.6 is 0 Å². The summed E-state index contributed by atoms with van der Waals surface area (Å²) in [7, 11) is 1.62. The van der Waals surface area contributed by atoms with E-state index in [0.717, 1.165) is 0 Å². The molecule has 1 amide bonds.